The summed E-state index contributed by atoms with van der Waals surface area (Å²) >= 11 is 0. The molecule has 0 aliphatic heterocycles. The van der Waals surface area contributed by atoms with Crippen LogP contribution >= 0.6 is 0 Å². The lowest BCUT2D eigenvalue weighted by atomic mass is 9.85. The van der Waals surface area contributed by atoms with E-state index >= 15 is 0 Å². The zero-order valence-corrected chi connectivity index (χ0v) is 7.33. The SMILES string of the molecule is c1cc2[nH]c(C3CCC3)nc2cn1. The summed E-state index contributed by atoms with van der Waals surface area (Å²) in [6, 6.07) is 1.98. The third kappa shape index (κ3) is 1.03. The molecule has 3 nitrogen and oxygen atoms in total. The van der Waals surface area contributed by atoms with Gasteiger partial charge in [-0.05, 0) is 18.9 Å². The minimum Gasteiger partial charge on any atom is -0.342 e. The molecule has 0 bridgehead atoms. The summed E-state index contributed by atoms with van der Waals surface area (Å²) in [6.45, 7) is 0. The molecule has 0 amide bonds. The van der Waals surface area contributed by atoms with Gasteiger partial charge in [-0.25, -0.2) is 4.98 Å². The molecule has 0 unspecified atom stereocenters. The average Bonchev–Trinajstić information content (AvgIpc) is 2.43. The van der Waals surface area contributed by atoms with Gasteiger partial charge in [0.05, 0.1) is 11.7 Å². The maximum Gasteiger partial charge on any atom is 0.110 e. The zero-order valence-electron chi connectivity index (χ0n) is 7.33. The van der Waals surface area contributed by atoms with E-state index in [9.17, 15) is 0 Å². The van der Waals surface area contributed by atoms with Crippen LogP contribution in [0.4, 0.5) is 0 Å². The summed E-state index contributed by atoms with van der Waals surface area (Å²) in [7, 11) is 0. The number of hydrogen-bond acceptors (Lipinski definition) is 2. The van der Waals surface area contributed by atoms with Crippen LogP contribution in [0.5, 0.6) is 0 Å². The van der Waals surface area contributed by atoms with Gasteiger partial charge in [0.15, 0.2) is 0 Å². The molecule has 1 aliphatic rings. The minimum absolute atomic E-state index is 0.674. The van der Waals surface area contributed by atoms with Crippen molar-refractivity contribution in [2.45, 2.75) is 25.2 Å². The fraction of sp³-hybridized carbons (Fsp3) is 0.400. The summed E-state index contributed by atoms with van der Waals surface area (Å²) in [6.07, 6.45) is 7.53. The van der Waals surface area contributed by atoms with Crippen LogP contribution in [0.1, 0.15) is 31.0 Å². The van der Waals surface area contributed by atoms with Crippen molar-refractivity contribution in [1.82, 2.24) is 15.0 Å². The summed E-state index contributed by atoms with van der Waals surface area (Å²) in [5, 5.41) is 0. The first-order valence-corrected chi connectivity index (χ1v) is 4.73. The van der Waals surface area contributed by atoms with E-state index < -0.39 is 0 Å². The third-order valence-corrected chi connectivity index (χ3v) is 2.80. The van der Waals surface area contributed by atoms with Crippen LogP contribution in [-0.4, -0.2) is 15.0 Å². The Hall–Kier alpha value is -1.38. The lowest BCUT2D eigenvalue weighted by Crippen LogP contribution is -2.10. The first kappa shape index (κ1) is 7.06. The van der Waals surface area contributed by atoms with Crippen LogP contribution in [0.2, 0.25) is 0 Å². The highest BCUT2D eigenvalue weighted by atomic mass is 14.9. The number of pyridine rings is 1. The van der Waals surface area contributed by atoms with E-state index in [1.165, 1.54) is 19.3 Å². The van der Waals surface area contributed by atoms with Crippen LogP contribution in [0.3, 0.4) is 0 Å². The van der Waals surface area contributed by atoms with Crippen molar-refractivity contribution in [1.29, 1.82) is 0 Å². The predicted molar refractivity (Wildman–Crippen MR) is 50.5 cm³/mol. The molecule has 2 aromatic heterocycles. The number of H-pyrrole nitrogens is 1. The number of nitrogens with zero attached hydrogens (tertiary/aromatic N) is 2. The molecule has 3 heteroatoms. The van der Waals surface area contributed by atoms with Gasteiger partial charge in [-0.1, -0.05) is 6.42 Å². The molecule has 1 fully saturated rings. The van der Waals surface area contributed by atoms with E-state index in [2.05, 4.69) is 15.0 Å². The summed E-state index contributed by atoms with van der Waals surface area (Å²) in [5.74, 6) is 1.82. The summed E-state index contributed by atoms with van der Waals surface area (Å²) in [5.41, 5.74) is 2.10. The second kappa shape index (κ2) is 2.55. The van der Waals surface area contributed by atoms with Crippen molar-refractivity contribution in [3.05, 3.63) is 24.3 Å². The normalized spacial score (nSPS) is 17.5. The molecule has 0 saturated heterocycles. The standard InChI is InChI=1S/C10H11N3/c1-2-7(3-1)10-12-8-4-5-11-6-9(8)13-10/h4-7H,1-3H2,(H,12,13). The van der Waals surface area contributed by atoms with E-state index in [1.54, 1.807) is 6.20 Å². The van der Waals surface area contributed by atoms with Crippen molar-refractivity contribution in [2.24, 2.45) is 0 Å². The van der Waals surface area contributed by atoms with E-state index in [4.69, 9.17) is 0 Å². The molecule has 0 atom stereocenters. The van der Waals surface area contributed by atoms with Crippen molar-refractivity contribution >= 4 is 11.0 Å². The van der Waals surface area contributed by atoms with Gasteiger partial charge >= 0.3 is 0 Å². The first-order chi connectivity index (χ1) is 6.43. The average molecular weight is 173 g/mol. The second-order valence-corrected chi connectivity index (χ2v) is 3.64. The maximum absolute atomic E-state index is 4.52. The molecule has 2 aromatic rings. The Labute approximate surface area is 76.2 Å². The van der Waals surface area contributed by atoms with Gasteiger partial charge in [0.1, 0.15) is 11.3 Å². The Morgan fingerprint density at radius 3 is 3.00 bits per heavy atom. The van der Waals surface area contributed by atoms with Gasteiger partial charge in [0.25, 0.3) is 0 Å². The molecule has 0 aromatic carbocycles. The molecule has 1 saturated carbocycles. The Bertz CT molecular complexity index is 395. The Balaban J connectivity index is 2.10. The molecule has 0 radical (unpaired) electrons. The maximum atomic E-state index is 4.52. The molecular weight excluding hydrogens is 162 g/mol. The molecular formula is C10H11N3. The summed E-state index contributed by atoms with van der Waals surface area (Å²) in [4.78, 5) is 11.9. The molecule has 1 N–H and O–H groups in total. The lowest BCUT2D eigenvalue weighted by molar-refractivity contribution is 0.405. The van der Waals surface area contributed by atoms with Crippen LogP contribution in [0.15, 0.2) is 18.5 Å². The number of aromatic nitrogens is 3. The highest BCUT2D eigenvalue weighted by molar-refractivity contribution is 5.73. The van der Waals surface area contributed by atoms with E-state index in [0.29, 0.717) is 5.92 Å². The number of fused-ring (bicyclic) bond motifs is 1. The van der Waals surface area contributed by atoms with Gasteiger partial charge in [-0.15, -0.1) is 0 Å². The van der Waals surface area contributed by atoms with Crippen LogP contribution in [-0.2, 0) is 0 Å². The Kier molecular flexibility index (Phi) is 1.39. The largest absolute Gasteiger partial charge is 0.342 e. The molecule has 0 spiro atoms. The summed E-state index contributed by atoms with van der Waals surface area (Å²) < 4.78 is 0. The van der Waals surface area contributed by atoms with E-state index in [1.807, 2.05) is 12.3 Å². The molecule has 13 heavy (non-hydrogen) atoms. The highest BCUT2D eigenvalue weighted by Crippen LogP contribution is 2.35. The van der Waals surface area contributed by atoms with Crippen molar-refractivity contribution < 1.29 is 0 Å². The predicted octanol–water partition coefficient (Wildman–Crippen LogP) is 2.23. The number of aromatic amines is 1. The number of imidazole rings is 1. The van der Waals surface area contributed by atoms with Crippen molar-refractivity contribution in [3.63, 3.8) is 0 Å². The Morgan fingerprint density at radius 1 is 1.38 bits per heavy atom. The van der Waals surface area contributed by atoms with Crippen LogP contribution < -0.4 is 0 Å². The molecule has 66 valence electrons. The molecule has 2 heterocycles. The van der Waals surface area contributed by atoms with Crippen molar-refractivity contribution in [2.75, 3.05) is 0 Å². The highest BCUT2D eigenvalue weighted by Gasteiger charge is 2.22. The van der Waals surface area contributed by atoms with Gasteiger partial charge in [-0.2, -0.15) is 0 Å². The number of nitrogens with one attached hydrogen (secondary N) is 1. The number of rotatable bonds is 1. The van der Waals surface area contributed by atoms with E-state index in [0.717, 1.165) is 16.9 Å². The minimum atomic E-state index is 0.674. The third-order valence-electron chi connectivity index (χ3n) is 2.80. The first-order valence-electron chi connectivity index (χ1n) is 4.73. The van der Waals surface area contributed by atoms with Gasteiger partial charge in [0.2, 0.25) is 0 Å². The fourth-order valence-electron chi connectivity index (χ4n) is 1.75. The number of hydrogen-bond donors (Lipinski definition) is 1. The lowest BCUT2D eigenvalue weighted by Gasteiger charge is -2.22. The zero-order chi connectivity index (χ0) is 8.67. The molecule has 3 rings (SSSR count). The van der Waals surface area contributed by atoms with Crippen LogP contribution in [0.25, 0.3) is 11.0 Å². The van der Waals surface area contributed by atoms with Gasteiger partial charge < -0.3 is 4.98 Å². The topological polar surface area (TPSA) is 41.6 Å². The van der Waals surface area contributed by atoms with Crippen molar-refractivity contribution in [3.8, 4) is 0 Å². The van der Waals surface area contributed by atoms with Crippen LogP contribution in [0, 0.1) is 0 Å². The quantitative estimate of drug-likeness (QED) is 0.718. The monoisotopic (exact) mass is 173 g/mol. The smallest absolute Gasteiger partial charge is 0.110 e. The Morgan fingerprint density at radius 2 is 2.31 bits per heavy atom. The second-order valence-electron chi connectivity index (χ2n) is 3.64. The van der Waals surface area contributed by atoms with Gasteiger partial charge in [-0.3, -0.25) is 4.98 Å². The fourth-order valence-corrected chi connectivity index (χ4v) is 1.75. The van der Waals surface area contributed by atoms with E-state index in [-0.39, 0.29) is 0 Å². The molecule has 1 aliphatic carbocycles. The van der Waals surface area contributed by atoms with Gasteiger partial charge in [0, 0.05) is 12.1 Å².